The van der Waals surface area contributed by atoms with Gasteiger partial charge in [-0.25, -0.2) is 0 Å². The molecular weight excluding hydrogens is 224 g/mol. The average Bonchev–Trinajstić information content (AvgIpc) is 2.18. The Morgan fingerprint density at radius 3 is 2.44 bits per heavy atom. The number of aliphatic hydroxyl groups excluding tert-OH is 1. The number of hydrogen-bond donors (Lipinski definition) is 3. The SMILES string of the molecule is CSC(CO)C(C)NC(=O)CCNC(C)C. The van der Waals surface area contributed by atoms with Crippen LogP contribution in [0.2, 0.25) is 0 Å². The lowest BCUT2D eigenvalue weighted by Gasteiger charge is -2.21. The summed E-state index contributed by atoms with van der Waals surface area (Å²) in [5, 5.41) is 15.2. The molecule has 0 aromatic rings. The second-order valence-corrected chi connectivity index (χ2v) is 5.25. The molecule has 0 bridgehead atoms. The van der Waals surface area contributed by atoms with Crippen LogP contribution in [0.5, 0.6) is 0 Å². The molecule has 3 N–H and O–H groups in total. The molecule has 0 aromatic heterocycles. The van der Waals surface area contributed by atoms with E-state index in [0.29, 0.717) is 19.0 Å². The van der Waals surface area contributed by atoms with Crippen LogP contribution < -0.4 is 10.6 Å². The van der Waals surface area contributed by atoms with E-state index in [0.717, 1.165) is 0 Å². The van der Waals surface area contributed by atoms with Gasteiger partial charge in [0.2, 0.25) is 5.91 Å². The molecule has 4 nitrogen and oxygen atoms in total. The van der Waals surface area contributed by atoms with Crippen molar-refractivity contribution >= 4 is 17.7 Å². The molecule has 0 aliphatic heterocycles. The summed E-state index contributed by atoms with van der Waals surface area (Å²) >= 11 is 1.57. The van der Waals surface area contributed by atoms with Gasteiger partial charge in [-0.15, -0.1) is 0 Å². The number of thioether (sulfide) groups is 1. The standard InChI is InChI=1S/C11H24N2O2S/c1-8(2)12-6-5-11(15)13-9(3)10(7-14)16-4/h8-10,12,14H,5-7H2,1-4H3,(H,13,15). The van der Waals surface area contributed by atoms with Crippen LogP contribution >= 0.6 is 11.8 Å². The van der Waals surface area contributed by atoms with Crippen molar-refractivity contribution in [2.45, 2.75) is 44.5 Å². The smallest absolute Gasteiger partial charge is 0.221 e. The highest BCUT2D eigenvalue weighted by atomic mass is 32.2. The summed E-state index contributed by atoms with van der Waals surface area (Å²) in [4.78, 5) is 11.5. The van der Waals surface area contributed by atoms with Crippen molar-refractivity contribution in [1.82, 2.24) is 10.6 Å². The van der Waals surface area contributed by atoms with Crippen molar-refractivity contribution in [3.63, 3.8) is 0 Å². The number of aliphatic hydroxyl groups is 1. The first-order valence-corrected chi connectivity index (χ1v) is 6.96. The van der Waals surface area contributed by atoms with Crippen molar-refractivity contribution in [1.29, 1.82) is 0 Å². The number of carbonyl (C=O) groups excluding carboxylic acids is 1. The van der Waals surface area contributed by atoms with Crippen LogP contribution in [-0.2, 0) is 4.79 Å². The first-order chi connectivity index (χ1) is 7.51. The Hall–Kier alpha value is -0.260. The van der Waals surface area contributed by atoms with Gasteiger partial charge in [-0.05, 0) is 13.2 Å². The summed E-state index contributed by atoms with van der Waals surface area (Å²) in [6.07, 6.45) is 2.42. The van der Waals surface area contributed by atoms with Gasteiger partial charge < -0.3 is 15.7 Å². The van der Waals surface area contributed by atoms with Crippen molar-refractivity contribution < 1.29 is 9.90 Å². The van der Waals surface area contributed by atoms with Crippen LogP contribution in [0.25, 0.3) is 0 Å². The third-order valence-corrected chi connectivity index (χ3v) is 3.50. The van der Waals surface area contributed by atoms with Crippen molar-refractivity contribution in [3.05, 3.63) is 0 Å². The summed E-state index contributed by atoms with van der Waals surface area (Å²) in [6.45, 7) is 6.81. The Balaban J connectivity index is 3.77. The lowest BCUT2D eigenvalue weighted by Crippen LogP contribution is -2.42. The lowest BCUT2D eigenvalue weighted by atomic mass is 10.2. The highest BCUT2D eigenvalue weighted by molar-refractivity contribution is 7.99. The number of rotatable bonds is 8. The van der Waals surface area contributed by atoms with E-state index in [4.69, 9.17) is 5.11 Å². The minimum atomic E-state index is 0.00606. The first-order valence-electron chi connectivity index (χ1n) is 5.67. The molecule has 0 radical (unpaired) electrons. The summed E-state index contributed by atoms with van der Waals surface area (Å²) in [6, 6.07) is 0.410. The Bertz CT molecular complexity index is 196. The van der Waals surface area contributed by atoms with Gasteiger partial charge in [0, 0.05) is 30.3 Å². The molecule has 96 valence electrons. The van der Waals surface area contributed by atoms with Gasteiger partial charge in [0.05, 0.1) is 6.61 Å². The Morgan fingerprint density at radius 2 is 2.00 bits per heavy atom. The van der Waals surface area contributed by atoms with Crippen molar-refractivity contribution in [2.24, 2.45) is 0 Å². The van der Waals surface area contributed by atoms with E-state index in [1.54, 1.807) is 11.8 Å². The maximum absolute atomic E-state index is 11.5. The minimum absolute atomic E-state index is 0.00606. The number of carbonyl (C=O) groups is 1. The molecule has 0 rings (SSSR count). The molecular formula is C11H24N2O2S. The Labute approximate surface area is 103 Å². The molecule has 5 heteroatoms. The maximum Gasteiger partial charge on any atom is 0.221 e. The fourth-order valence-corrected chi connectivity index (χ4v) is 1.96. The molecule has 16 heavy (non-hydrogen) atoms. The summed E-state index contributed by atoms with van der Waals surface area (Å²) in [7, 11) is 0. The van der Waals surface area contributed by atoms with E-state index < -0.39 is 0 Å². The summed E-state index contributed by atoms with van der Waals surface area (Å²) in [5.74, 6) is 0.0353. The molecule has 0 fully saturated rings. The molecule has 2 unspecified atom stereocenters. The predicted molar refractivity (Wildman–Crippen MR) is 69.7 cm³/mol. The van der Waals surface area contributed by atoms with Crippen LogP contribution in [-0.4, -0.2) is 47.8 Å². The topological polar surface area (TPSA) is 61.4 Å². The van der Waals surface area contributed by atoms with Gasteiger partial charge in [-0.2, -0.15) is 11.8 Å². The third-order valence-electron chi connectivity index (χ3n) is 2.33. The van der Waals surface area contributed by atoms with E-state index in [2.05, 4.69) is 24.5 Å². The zero-order valence-corrected chi connectivity index (χ0v) is 11.4. The second kappa shape index (κ2) is 8.84. The van der Waals surface area contributed by atoms with E-state index in [1.807, 2.05) is 13.2 Å². The van der Waals surface area contributed by atoms with Crippen molar-refractivity contribution in [2.75, 3.05) is 19.4 Å². The highest BCUT2D eigenvalue weighted by Crippen LogP contribution is 2.10. The van der Waals surface area contributed by atoms with E-state index >= 15 is 0 Å². The quantitative estimate of drug-likeness (QED) is 0.589. The van der Waals surface area contributed by atoms with E-state index in [9.17, 15) is 4.79 Å². The molecule has 0 aliphatic carbocycles. The van der Waals surface area contributed by atoms with Crippen LogP contribution in [0.3, 0.4) is 0 Å². The normalized spacial score (nSPS) is 14.9. The molecule has 0 spiro atoms. The van der Waals surface area contributed by atoms with Gasteiger partial charge in [-0.3, -0.25) is 4.79 Å². The highest BCUT2D eigenvalue weighted by Gasteiger charge is 2.16. The molecule has 0 aromatic carbocycles. The van der Waals surface area contributed by atoms with Gasteiger partial charge in [-0.1, -0.05) is 13.8 Å². The van der Waals surface area contributed by atoms with Gasteiger partial charge in [0.1, 0.15) is 0 Å². The maximum atomic E-state index is 11.5. The van der Waals surface area contributed by atoms with Gasteiger partial charge in [0.25, 0.3) is 0 Å². The summed E-state index contributed by atoms with van der Waals surface area (Å²) < 4.78 is 0. The first kappa shape index (κ1) is 15.7. The Kier molecular flexibility index (Phi) is 8.70. The average molecular weight is 248 g/mol. The second-order valence-electron chi connectivity index (χ2n) is 4.17. The summed E-state index contributed by atoms with van der Waals surface area (Å²) in [5.41, 5.74) is 0. The molecule has 0 aliphatic rings. The zero-order chi connectivity index (χ0) is 12.6. The monoisotopic (exact) mass is 248 g/mol. The fraction of sp³-hybridized carbons (Fsp3) is 0.909. The lowest BCUT2D eigenvalue weighted by molar-refractivity contribution is -0.121. The minimum Gasteiger partial charge on any atom is -0.395 e. The predicted octanol–water partition coefficient (Wildman–Crippen LogP) is 0.603. The van der Waals surface area contributed by atoms with Crippen LogP contribution in [0.15, 0.2) is 0 Å². The fourth-order valence-electron chi connectivity index (χ4n) is 1.33. The molecule has 0 heterocycles. The Morgan fingerprint density at radius 1 is 1.38 bits per heavy atom. The van der Waals surface area contributed by atoms with Crippen molar-refractivity contribution in [3.8, 4) is 0 Å². The van der Waals surface area contributed by atoms with Crippen LogP contribution in [0, 0.1) is 0 Å². The van der Waals surface area contributed by atoms with Gasteiger partial charge in [0.15, 0.2) is 0 Å². The zero-order valence-electron chi connectivity index (χ0n) is 10.6. The largest absolute Gasteiger partial charge is 0.395 e. The van der Waals surface area contributed by atoms with Crippen LogP contribution in [0.1, 0.15) is 27.2 Å². The number of hydrogen-bond acceptors (Lipinski definition) is 4. The van der Waals surface area contributed by atoms with Crippen LogP contribution in [0.4, 0.5) is 0 Å². The molecule has 0 saturated heterocycles. The van der Waals surface area contributed by atoms with E-state index in [1.165, 1.54) is 0 Å². The molecule has 1 amide bonds. The van der Waals surface area contributed by atoms with E-state index in [-0.39, 0.29) is 23.8 Å². The number of nitrogens with one attached hydrogen (secondary N) is 2. The molecule has 2 atom stereocenters. The molecule has 0 saturated carbocycles. The third kappa shape index (κ3) is 7.09. The van der Waals surface area contributed by atoms with Gasteiger partial charge >= 0.3 is 0 Å². The number of amides is 1.